The number of ether oxygens (including phenoxy) is 1. The zero-order valence-electron chi connectivity index (χ0n) is 18.7. The van der Waals surface area contributed by atoms with E-state index in [9.17, 15) is 32.9 Å². The Morgan fingerprint density at radius 2 is 1.92 bits per heavy atom. The molecule has 2 fully saturated rings. The van der Waals surface area contributed by atoms with Crippen molar-refractivity contribution in [3.63, 3.8) is 0 Å². The van der Waals surface area contributed by atoms with Crippen LogP contribution in [0.25, 0.3) is 0 Å². The number of anilines is 1. The van der Waals surface area contributed by atoms with Gasteiger partial charge in [-0.1, -0.05) is 11.6 Å². The number of hydrogen-bond donors (Lipinski definition) is 1. The predicted octanol–water partition coefficient (Wildman–Crippen LogP) is 1.85. The van der Waals surface area contributed by atoms with Crippen molar-refractivity contribution in [2.45, 2.75) is 36.3 Å². The van der Waals surface area contributed by atoms with E-state index in [2.05, 4.69) is 0 Å². The fourth-order valence-electron chi connectivity index (χ4n) is 4.23. The first-order valence-corrected chi connectivity index (χ1v) is 12.8. The monoisotopic (exact) mass is 536 g/mol. The molecule has 12 nitrogen and oxygen atoms in total. The van der Waals surface area contributed by atoms with Crippen LogP contribution in [0, 0.1) is 10.1 Å². The molecule has 2 aliphatic heterocycles. The third-order valence-electron chi connectivity index (χ3n) is 6.00. The normalized spacial score (nSPS) is 20.1. The average Bonchev–Trinajstić information content (AvgIpc) is 3.44. The maximum Gasteiger partial charge on any atom is 0.288 e. The lowest BCUT2D eigenvalue weighted by molar-refractivity contribution is -0.384. The molecule has 2 heterocycles. The highest BCUT2D eigenvalue weighted by molar-refractivity contribution is 7.89. The van der Waals surface area contributed by atoms with E-state index in [-0.39, 0.29) is 40.2 Å². The molecule has 2 saturated heterocycles. The van der Waals surface area contributed by atoms with Gasteiger partial charge in [-0.25, -0.2) is 18.5 Å². The summed E-state index contributed by atoms with van der Waals surface area (Å²) in [6, 6.07) is 7.24. The van der Waals surface area contributed by atoms with Gasteiger partial charge >= 0.3 is 0 Å². The molecule has 2 atom stereocenters. The largest absolute Gasteiger partial charge is 0.376 e. The van der Waals surface area contributed by atoms with E-state index in [1.54, 1.807) is 0 Å². The second-order valence-corrected chi connectivity index (χ2v) is 10.3. The van der Waals surface area contributed by atoms with Crippen molar-refractivity contribution in [3.05, 3.63) is 63.2 Å². The number of nitrogens with zero attached hydrogens (tertiary/aromatic N) is 3. The van der Waals surface area contributed by atoms with Gasteiger partial charge in [0.15, 0.2) is 0 Å². The van der Waals surface area contributed by atoms with E-state index in [1.165, 1.54) is 41.3 Å². The summed E-state index contributed by atoms with van der Waals surface area (Å²) in [5.41, 5.74) is -0.420. The van der Waals surface area contributed by atoms with Crippen LogP contribution in [0.5, 0.6) is 0 Å². The minimum Gasteiger partial charge on any atom is -0.376 e. The van der Waals surface area contributed by atoms with Crippen LogP contribution in [0.2, 0.25) is 5.02 Å². The van der Waals surface area contributed by atoms with Crippen LogP contribution < -0.4 is 10.0 Å². The Morgan fingerprint density at radius 1 is 1.22 bits per heavy atom. The molecule has 4 rings (SSSR count). The van der Waals surface area contributed by atoms with Gasteiger partial charge in [0.2, 0.25) is 15.9 Å². The van der Waals surface area contributed by atoms with Crippen LogP contribution in [0.4, 0.5) is 11.4 Å². The van der Waals surface area contributed by atoms with Crippen molar-refractivity contribution in [2.75, 3.05) is 18.1 Å². The van der Waals surface area contributed by atoms with Crippen molar-refractivity contribution in [2.24, 2.45) is 5.14 Å². The minimum absolute atomic E-state index is 0.00284. The lowest BCUT2D eigenvalue weighted by Crippen LogP contribution is -2.48. The summed E-state index contributed by atoms with van der Waals surface area (Å²) in [5, 5.41) is 16.3. The van der Waals surface area contributed by atoms with Gasteiger partial charge in [-0.2, -0.15) is 0 Å². The predicted molar refractivity (Wildman–Crippen MR) is 127 cm³/mol. The number of halogens is 1. The molecule has 2 aliphatic rings. The molecule has 2 aromatic carbocycles. The van der Waals surface area contributed by atoms with Crippen molar-refractivity contribution in [3.8, 4) is 0 Å². The summed E-state index contributed by atoms with van der Waals surface area (Å²) in [4.78, 5) is 52.2. The molecule has 0 radical (unpaired) electrons. The van der Waals surface area contributed by atoms with Crippen molar-refractivity contribution in [1.82, 2.24) is 4.90 Å². The first kappa shape index (κ1) is 25.7. The van der Waals surface area contributed by atoms with Gasteiger partial charge in [-0.05, 0) is 49.2 Å². The van der Waals surface area contributed by atoms with Crippen LogP contribution in [0.15, 0.2) is 47.4 Å². The number of primary sulfonamides is 1. The molecule has 3 amide bonds. The molecule has 2 aromatic rings. The Balaban J connectivity index is 1.66. The molecule has 0 aliphatic carbocycles. The summed E-state index contributed by atoms with van der Waals surface area (Å²) >= 11 is 5.87. The molecule has 14 heteroatoms. The Bertz CT molecular complexity index is 1340. The number of amides is 3. The SMILES string of the molecule is NS(=O)(=O)c1ccc(N2C(=O)CC(N(CC3CCCO3)C(=O)c3ccc(Cl)c([N+](=O)[O-])c3)C2=O)cc1. The number of benzene rings is 2. The third-order valence-corrected chi connectivity index (χ3v) is 7.25. The summed E-state index contributed by atoms with van der Waals surface area (Å²) in [7, 11) is -3.97. The Morgan fingerprint density at radius 3 is 2.50 bits per heavy atom. The highest BCUT2D eigenvalue weighted by Crippen LogP contribution is 2.30. The van der Waals surface area contributed by atoms with Crippen LogP contribution in [0.3, 0.4) is 0 Å². The summed E-state index contributed by atoms with van der Waals surface area (Å²) in [6.45, 7) is 0.482. The van der Waals surface area contributed by atoms with Crippen LogP contribution >= 0.6 is 11.6 Å². The molecular formula is C22H21ClN4O8S. The van der Waals surface area contributed by atoms with E-state index in [4.69, 9.17) is 21.5 Å². The number of rotatable bonds is 7. The second kappa shape index (κ2) is 9.93. The van der Waals surface area contributed by atoms with Gasteiger partial charge in [0.25, 0.3) is 17.5 Å². The van der Waals surface area contributed by atoms with Crippen LogP contribution in [-0.4, -0.2) is 61.3 Å². The number of sulfonamides is 1. The van der Waals surface area contributed by atoms with E-state index in [1.807, 2.05) is 0 Å². The van der Waals surface area contributed by atoms with E-state index >= 15 is 0 Å². The maximum atomic E-state index is 13.5. The second-order valence-electron chi connectivity index (χ2n) is 8.34. The number of nitro groups is 1. The third kappa shape index (κ3) is 5.09. The van der Waals surface area contributed by atoms with Crippen LogP contribution in [0.1, 0.15) is 29.6 Å². The fraction of sp³-hybridized carbons (Fsp3) is 0.318. The smallest absolute Gasteiger partial charge is 0.288 e. The Labute approximate surface area is 210 Å². The quantitative estimate of drug-likeness (QED) is 0.317. The number of carbonyl (C=O) groups excluding carboxylic acids is 3. The van der Waals surface area contributed by atoms with Crippen molar-refractivity contribution in [1.29, 1.82) is 0 Å². The van der Waals surface area contributed by atoms with Crippen molar-refractivity contribution >= 4 is 50.7 Å². The highest BCUT2D eigenvalue weighted by atomic mass is 35.5. The summed E-state index contributed by atoms with van der Waals surface area (Å²) in [6.07, 6.45) is 0.698. The lowest BCUT2D eigenvalue weighted by atomic mass is 10.1. The number of imide groups is 1. The highest BCUT2D eigenvalue weighted by Gasteiger charge is 2.45. The van der Waals surface area contributed by atoms with Gasteiger partial charge < -0.3 is 9.64 Å². The number of nitrogens with two attached hydrogens (primary N) is 1. The summed E-state index contributed by atoms with van der Waals surface area (Å²) in [5.74, 6) is -1.98. The summed E-state index contributed by atoms with van der Waals surface area (Å²) < 4.78 is 28.7. The van der Waals surface area contributed by atoms with Gasteiger partial charge in [0.1, 0.15) is 11.1 Å². The number of carbonyl (C=O) groups is 3. The molecule has 2 unspecified atom stereocenters. The molecule has 0 aromatic heterocycles. The molecule has 190 valence electrons. The molecule has 36 heavy (non-hydrogen) atoms. The number of hydrogen-bond acceptors (Lipinski definition) is 8. The Kier molecular flexibility index (Phi) is 7.09. The zero-order chi connectivity index (χ0) is 26.2. The van der Waals surface area contributed by atoms with E-state index in [0.717, 1.165) is 17.4 Å². The zero-order valence-corrected chi connectivity index (χ0v) is 20.3. The molecule has 0 bridgehead atoms. The fourth-order valence-corrected chi connectivity index (χ4v) is 4.93. The van der Waals surface area contributed by atoms with Crippen molar-refractivity contribution < 1.29 is 32.5 Å². The molecule has 0 saturated carbocycles. The Hall–Kier alpha value is -3.39. The van der Waals surface area contributed by atoms with Gasteiger partial charge in [-0.3, -0.25) is 24.5 Å². The molecule has 0 spiro atoms. The van der Waals surface area contributed by atoms with Gasteiger partial charge in [0.05, 0.1) is 28.0 Å². The van der Waals surface area contributed by atoms with Gasteiger partial charge in [-0.15, -0.1) is 0 Å². The first-order valence-electron chi connectivity index (χ1n) is 10.8. The first-order chi connectivity index (χ1) is 17.0. The topological polar surface area (TPSA) is 170 Å². The lowest BCUT2D eigenvalue weighted by Gasteiger charge is -2.30. The standard InChI is InChI=1S/C22H21ClN4O8S/c23-17-8-3-13(10-18(17)27(31)32)21(29)25(12-15-2-1-9-35-15)19-11-20(28)26(22(19)30)14-4-6-16(7-5-14)36(24,33)34/h3-8,10,15,19H,1-2,9,11-12H2,(H2,24,33,34). The van der Waals surface area contributed by atoms with E-state index in [0.29, 0.717) is 13.0 Å². The maximum absolute atomic E-state index is 13.5. The van der Waals surface area contributed by atoms with E-state index < -0.39 is 44.4 Å². The van der Waals surface area contributed by atoms with Crippen LogP contribution in [-0.2, 0) is 24.3 Å². The average molecular weight is 537 g/mol. The number of nitro benzene ring substituents is 1. The molecule has 2 N–H and O–H groups in total. The minimum atomic E-state index is -3.97. The molecular weight excluding hydrogens is 516 g/mol. The van der Waals surface area contributed by atoms with Gasteiger partial charge in [0, 0.05) is 24.8 Å².